The van der Waals surface area contributed by atoms with E-state index in [9.17, 15) is 13.2 Å². The zero-order valence-corrected chi connectivity index (χ0v) is 15.1. The molecule has 0 atom stereocenters. The number of benzene rings is 2. The Labute approximate surface area is 143 Å². The standard InChI is InChI=1S/C18H22N2O3S/c1-18(2,3)17(21)19-14-9-8-12-16(13-14)24(22,23)20(4)15-10-6-5-7-11-15/h5-13H,1-4H3,(H,19,21). The van der Waals surface area contributed by atoms with E-state index in [1.165, 1.54) is 23.5 Å². The van der Waals surface area contributed by atoms with E-state index in [0.29, 0.717) is 11.4 Å². The second-order valence-corrected chi connectivity index (χ2v) is 8.51. The van der Waals surface area contributed by atoms with Crippen molar-refractivity contribution >= 4 is 27.3 Å². The van der Waals surface area contributed by atoms with Crippen molar-refractivity contribution < 1.29 is 13.2 Å². The molecule has 128 valence electrons. The predicted molar refractivity (Wildman–Crippen MR) is 96.6 cm³/mol. The molecule has 0 bridgehead atoms. The zero-order valence-electron chi connectivity index (χ0n) is 14.3. The highest BCUT2D eigenvalue weighted by Crippen LogP contribution is 2.24. The number of carbonyl (C=O) groups is 1. The summed E-state index contributed by atoms with van der Waals surface area (Å²) in [5.74, 6) is -0.173. The Balaban J connectivity index is 2.32. The summed E-state index contributed by atoms with van der Waals surface area (Å²) >= 11 is 0. The number of hydrogen-bond donors (Lipinski definition) is 1. The molecule has 2 rings (SSSR count). The molecule has 0 saturated carbocycles. The second-order valence-electron chi connectivity index (χ2n) is 6.54. The Morgan fingerprint density at radius 3 is 2.21 bits per heavy atom. The molecular weight excluding hydrogens is 324 g/mol. The molecule has 0 aliphatic rings. The van der Waals surface area contributed by atoms with E-state index < -0.39 is 15.4 Å². The summed E-state index contributed by atoms with van der Waals surface area (Å²) in [6.45, 7) is 5.39. The highest BCUT2D eigenvalue weighted by atomic mass is 32.2. The van der Waals surface area contributed by atoms with Crippen molar-refractivity contribution in [3.8, 4) is 0 Å². The van der Waals surface area contributed by atoms with E-state index in [0.717, 1.165) is 0 Å². The molecule has 0 fully saturated rings. The van der Waals surface area contributed by atoms with Crippen LogP contribution in [0.5, 0.6) is 0 Å². The summed E-state index contributed by atoms with van der Waals surface area (Å²) in [6.07, 6.45) is 0. The Morgan fingerprint density at radius 2 is 1.62 bits per heavy atom. The second kappa shape index (κ2) is 6.65. The van der Waals surface area contributed by atoms with Gasteiger partial charge < -0.3 is 5.32 Å². The van der Waals surface area contributed by atoms with Gasteiger partial charge in [-0.3, -0.25) is 9.10 Å². The van der Waals surface area contributed by atoms with Crippen molar-refractivity contribution in [2.45, 2.75) is 25.7 Å². The molecule has 24 heavy (non-hydrogen) atoms. The fourth-order valence-corrected chi connectivity index (χ4v) is 3.23. The predicted octanol–water partition coefficient (Wildman–Crippen LogP) is 3.50. The number of hydrogen-bond acceptors (Lipinski definition) is 3. The van der Waals surface area contributed by atoms with Crippen LogP contribution in [-0.2, 0) is 14.8 Å². The first kappa shape index (κ1) is 18.0. The summed E-state index contributed by atoms with van der Waals surface area (Å²) in [6, 6.07) is 15.1. The van der Waals surface area contributed by atoms with Gasteiger partial charge in [0.15, 0.2) is 0 Å². The van der Waals surface area contributed by atoms with Gasteiger partial charge in [-0.25, -0.2) is 8.42 Å². The summed E-state index contributed by atoms with van der Waals surface area (Å²) < 4.78 is 26.8. The van der Waals surface area contributed by atoms with Crippen molar-refractivity contribution in [1.82, 2.24) is 0 Å². The Hall–Kier alpha value is -2.34. The lowest BCUT2D eigenvalue weighted by molar-refractivity contribution is -0.123. The topological polar surface area (TPSA) is 66.5 Å². The van der Waals surface area contributed by atoms with Crippen LogP contribution >= 0.6 is 0 Å². The number of carbonyl (C=O) groups excluding carboxylic acids is 1. The van der Waals surface area contributed by atoms with Crippen LogP contribution in [0.2, 0.25) is 0 Å². The molecule has 2 aromatic carbocycles. The molecule has 6 heteroatoms. The van der Waals surface area contributed by atoms with Crippen LogP contribution in [0.25, 0.3) is 0 Å². The van der Waals surface area contributed by atoms with Crippen LogP contribution in [0, 0.1) is 5.41 Å². The minimum Gasteiger partial charge on any atom is -0.326 e. The molecule has 0 spiro atoms. The molecular formula is C18H22N2O3S. The normalized spacial score (nSPS) is 11.8. The van der Waals surface area contributed by atoms with Crippen LogP contribution in [0.1, 0.15) is 20.8 Å². The number of nitrogens with zero attached hydrogens (tertiary/aromatic N) is 1. The maximum Gasteiger partial charge on any atom is 0.264 e. The zero-order chi connectivity index (χ0) is 18.0. The van der Waals surface area contributed by atoms with E-state index in [1.54, 1.807) is 57.2 Å². The fourth-order valence-electron chi connectivity index (χ4n) is 1.99. The monoisotopic (exact) mass is 346 g/mol. The molecule has 5 nitrogen and oxygen atoms in total. The number of rotatable bonds is 4. The number of para-hydroxylation sites is 1. The SMILES string of the molecule is CN(c1ccccc1)S(=O)(=O)c1cccc(NC(=O)C(C)(C)C)c1. The van der Waals surface area contributed by atoms with Gasteiger partial charge in [-0.15, -0.1) is 0 Å². The first-order valence-corrected chi connectivity index (χ1v) is 9.02. The summed E-state index contributed by atoms with van der Waals surface area (Å²) in [5, 5.41) is 2.75. The summed E-state index contributed by atoms with van der Waals surface area (Å²) in [4.78, 5) is 12.2. The van der Waals surface area contributed by atoms with Crippen molar-refractivity contribution in [2.75, 3.05) is 16.7 Å². The largest absolute Gasteiger partial charge is 0.326 e. The molecule has 0 aromatic heterocycles. The first-order valence-electron chi connectivity index (χ1n) is 7.58. The molecule has 0 heterocycles. The molecule has 0 saturated heterocycles. The van der Waals surface area contributed by atoms with E-state index in [1.807, 2.05) is 6.07 Å². The molecule has 0 radical (unpaired) electrons. The lowest BCUT2D eigenvalue weighted by atomic mass is 9.95. The van der Waals surface area contributed by atoms with Crippen LogP contribution in [-0.4, -0.2) is 21.4 Å². The Morgan fingerprint density at radius 1 is 1.00 bits per heavy atom. The average Bonchev–Trinajstić information content (AvgIpc) is 2.54. The number of amides is 1. The van der Waals surface area contributed by atoms with Gasteiger partial charge in [-0.05, 0) is 30.3 Å². The van der Waals surface area contributed by atoms with Crippen molar-refractivity contribution in [1.29, 1.82) is 0 Å². The van der Waals surface area contributed by atoms with E-state index in [-0.39, 0.29) is 10.8 Å². The minimum atomic E-state index is -3.70. The van der Waals surface area contributed by atoms with Crippen LogP contribution < -0.4 is 9.62 Å². The summed E-state index contributed by atoms with van der Waals surface area (Å²) in [7, 11) is -2.20. The van der Waals surface area contributed by atoms with Crippen molar-refractivity contribution in [2.24, 2.45) is 5.41 Å². The number of sulfonamides is 1. The third-order valence-electron chi connectivity index (χ3n) is 3.55. The number of anilines is 2. The van der Waals surface area contributed by atoms with Gasteiger partial charge in [0.1, 0.15) is 0 Å². The lowest BCUT2D eigenvalue weighted by Gasteiger charge is -2.21. The van der Waals surface area contributed by atoms with Gasteiger partial charge in [0.05, 0.1) is 10.6 Å². The highest BCUT2D eigenvalue weighted by Gasteiger charge is 2.24. The van der Waals surface area contributed by atoms with Crippen LogP contribution in [0.15, 0.2) is 59.5 Å². The van der Waals surface area contributed by atoms with Gasteiger partial charge in [0.25, 0.3) is 10.0 Å². The molecule has 0 unspecified atom stereocenters. The number of nitrogens with one attached hydrogen (secondary N) is 1. The molecule has 0 aliphatic carbocycles. The Bertz CT molecular complexity index is 825. The van der Waals surface area contributed by atoms with Crippen molar-refractivity contribution in [3.63, 3.8) is 0 Å². The van der Waals surface area contributed by atoms with Crippen molar-refractivity contribution in [3.05, 3.63) is 54.6 Å². The van der Waals surface area contributed by atoms with E-state index >= 15 is 0 Å². The Kier molecular flexibility index (Phi) is 4.99. The van der Waals surface area contributed by atoms with E-state index in [2.05, 4.69) is 5.32 Å². The third-order valence-corrected chi connectivity index (χ3v) is 5.33. The molecule has 1 amide bonds. The quantitative estimate of drug-likeness (QED) is 0.921. The fraction of sp³-hybridized carbons (Fsp3) is 0.278. The van der Waals surface area contributed by atoms with E-state index in [4.69, 9.17) is 0 Å². The third kappa shape index (κ3) is 3.94. The van der Waals surface area contributed by atoms with Gasteiger partial charge in [-0.1, -0.05) is 45.0 Å². The van der Waals surface area contributed by atoms with Gasteiger partial charge in [0, 0.05) is 18.2 Å². The van der Waals surface area contributed by atoms with Gasteiger partial charge in [-0.2, -0.15) is 0 Å². The minimum absolute atomic E-state index is 0.126. The smallest absolute Gasteiger partial charge is 0.264 e. The van der Waals surface area contributed by atoms with Crippen LogP contribution in [0.4, 0.5) is 11.4 Å². The first-order chi connectivity index (χ1) is 11.1. The summed E-state index contributed by atoms with van der Waals surface area (Å²) in [5.41, 5.74) is 0.467. The average molecular weight is 346 g/mol. The highest BCUT2D eigenvalue weighted by molar-refractivity contribution is 7.92. The maximum absolute atomic E-state index is 12.8. The molecule has 1 N–H and O–H groups in total. The molecule has 0 aliphatic heterocycles. The van der Waals surface area contributed by atoms with Gasteiger partial charge in [0.2, 0.25) is 5.91 Å². The van der Waals surface area contributed by atoms with Gasteiger partial charge >= 0.3 is 0 Å². The lowest BCUT2D eigenvalue weighted by Crippen LogP contribution is -2.28. The molecule has 2 aromatic rings. The van der Waals surface area contributed by atoms with Crippen LogP contribution in [0.3, 0.4) is 0 Å². The maximum atomic E-state index is 12.8.